The van der Waals surface area contributed by atoms with E-state index in [0.717, 1.165) is 25.7 Å². The number of nitrogens with one attached hydrogen (secondary N) is 1. The second-order valence-corrected chi connectivity index (χ2v) is 5.85. The van der Waals surface area contributed by atoms with Crippen LogP contribution in [-0.2, 0) is 4.74 Å². The van der Waals surface area contributed by atoms with Crippen LogP contribution in [-0.4, -0.2) is 26.0 Å². The Morgan fingerprint density at radius 1 is 1.39 bits per heavy atom. The summed E-state index contributed by atoms with van der Waals surface area (Å²) in [7, 11) is 0. The third kappa shape index (κ3) is 4.01. The van der Waals surface area contributed by atoms with Crippen LogP contribution in [0.4, 0.5) is 0 Å². The summed E-state index contributed by atoms with van der Waals surface area (Å²) in [5.41, 5.74) is 1.37. The standard InChI is InChI=1S/C15H23NOS/c1-12(14-3-5-15(18-2)6-4-14)16-9-7-13-8-10-17-11-13/h3-6,12-13,16H,7-11H2,1-2H3. The van der Waals surface area contributed by atoms with Crippen molar-refractivity contribution in [3.8, 4) is 0 Å². The van der Waals surface area contributed by atoms with Crippen LogP contribution in [0.3, 0.4) is 0 Å². The van der Waals surface area contributed by atoms with Crippen LogP contribution in [0.1, 0.15) is 31.4 Å². The van der Waals surface area contributed by atoms with Crippen LogP contribution in [0.15, 0.2) is 29.2 Å². The average Bonchev–Trinajstić information content (AvgIpc) is 2.92. The number of rotatable bonds is 6. The number of thioether (sulfide) groups is 1. The Morgan fingerprint density at radius 3 is 2.78 bits per heavy atom. The largest absolute Gasteiger partial charge is 0.381 e. The van der Waals surface area contributed by atoms with Crippen LogP contribution in [0, 0.1) is 5.92 Å². The van der Waals surface area contributed by atoms with Crippen molar-refractivity contribution in [3.05, 3.63) is 29.8 Å². The van der Waals surface area contributed by atoms with E-state index >= 15 is 0 Å². The molecule has 1 N–H and O–H groups in total. The van der Waals surface area contributed by atoms with Gasteiger partial charge in [-0.3, -0.25) is 0 Å². The van der Waals surface area contributed by atoms with Gasteiger partial charge < -0.3 is 10.1 Å². The van der Waals surface area contributed by atoms with Crippen molar-refractivity contribution < 1.29 is 4.74 Å². The first-order chi connectivity index (χ1) is 8.79. The van der Waals surface area contributed by atoms with E-state index < -0.39 is 0 Å². The zero-order valence-corrected chi connectivity index (χ0v) is 12.1. The van der Waals surface area contributed by atoms with E-state index in [1.54, 1.807) is 11.8 Å². The summed E-state index contributed by atoms with van der Waals surface area (Å²) in [6.07, 6.45) is 4.58. The molecule has 2 atom stereocenters. The summed E-state index contributed by atoms with van der Waals surface area (Å²) in [5.74, 6) is 0.767. The Morgan fingerprint density at radius 2 is 2.17 bits per heavy atom. The first-order valence-corrected chi connectivity index (χ1v) is 7.97. The highest BCUT2D eigenvalue weighted by Crippen LogP contribution is 2.20. The lowest BCUT2D eigenvalue weighted by Gasteiger charge is -2.16. The third-order valence-electron chi connectivity index (χ3n) is 3.64. The minimum Gasteiger partial charge on any atom is -0.381 e. The van der Waals surface area contributed by atoms with Crippen molar-refractivity contribution in [2.24, 2.45) is 5.92 Å². The second-order valence-electron chi connectivity index (χ2n) is 4.97. The van der Waals surface area contributed by atoms with Crippen molar-refractivity contribution in [1.82, 2.24) is 5.32 Å². The second kappa shape index (κ2) is 7.17. The number of hydrogen-bond donors (Lipinski definition) is 1. The highest BCUT2D eigenvalue weighted by Gasteiger charge is 2.15. The van der Waals surface area contributed by atoms with E-state index in [1.165, 1.54) is 23.3 Å². The maximum Gasteiger partial charge on any atom is 0.0495 e. The maximum absolute atomic E-state index is 5.39. The van der Waals surface area contributed by atoms with E-state index in [4.69, 9.17) is 4.74 Å². The van der Waals surface area contributed by atoms with Gasteiger partial charge in [-0.1, -0.05) is 12.1 Å². The van der Waals surface area contributed by atoms with Gasteiger partial charge in [0.05, 0.1) is 0 Å². The van der Waals surface area contributed by atoms with Crippen molar-refractivity contribution >= 4 is 11.8 Å². The Hall–Kier alpha value is -0.510. The highest BCUT2D eigenvalue weighted by molar-refractivity contribution is 7.98. The van der Waals surface area contributed by atoms with Crippen molar-refractivity contribution in [2.75, 3.05) is 26.0 Å². The van der Waals surface area contributed by atoms with Crippen molar-refractivity contribution in [1.29, 1.82) is 0 Å². The summed E-state index contributed by atoms with van der Waals surface area (Å²) in [5, 5.41) is 3.60. The van der Waals surface area contributed by atoms with Crippen LogP contribution >= 0.6 is 11.8 Å². The van der Waals surface area contributed by atoms with Gasteiger partial charge in [0.2, 0.25) is 0 Å². The molecule has 0 amide bonds. The first kappa shape index (κ1) is 13.9. The SMILES string of the molecule is CSc1ccc(C(C)NCCC2CCOC2)cc1. The van der Waals surface area contributed by atoms with Gasteiger partial charge in [-0.2, -0.15) is 0 Å². The summed E-state index contributed by atoms with van der Waals surface area (Å²) in [6.45, 7) is 5.23. The van der Waals surface area contributed by atoms with E-state index in [9.17, 15) is 0 Å². The molecule has 1 aromatic rings. The van der Waals surface area contributed by atoms with Gasteiger partial charge in [-0.05, 0) is 56.2 Å². The van der Waals surface area contributed by atoms with Gasteiger partial charge in [0, 0.05) is 24.2 Å². The fourth-order valence-corrected chi connectivity index (χ4v) is 2.73. The van der Waals surface area contributed by atoms with Crippen molar-refractivity contribution in [2.45, 2.75) is 30.7 Å². The highest BCUT2D eigenvalue weighted by atomic mass is 32.2. The van der Waals surface area contributed by atoms with Crippen LogP contribution in [0.5, 0.6) is 0 Å². The molecule has 100 valence electrons. The Kier molecular flexibility index (Phi) is 5.54. The first-order valence-electron chi connectivity index (χ1n) is 6.74. The molecule has 18 heavy (non-hydrogen) atoms. The summed E-state index contributed by atoms with van der Waals surface area (Å²) in [6, 6.07) is 9.28. The normalized spacial score (nSPS) is 21.1. The molecule has 1 aromatic carbocycles. The lowest BCUT2D eigenvalue weighted by Crippen LogP contribution is -2.22. The molecule has 2 nitrogen and oxygen atoms in total. The Bertz CT molecular complexity index is 346. The molecule has 0 bridgehead atoms. The van der Waals surface area contributed by atoms with Gasteiger partial charge in [-0.15, -0.1) is 11.8 Å². The third-order valence-corrected chi connectivity index (χ3v) is 4.39. The molecule has 1 aliphatic rings. The number of ether oxygens (including phenoxy) is 1. The predicted molar refractivity (Wildman–Crippen MR) is 78.2 cm³/mol. The molecule has 2 rings (SSSR count). The molecule has 0 aromatic heterocycles. The molecule has 2 unspecified atom stereocenters. The van der Waals surface area contributed by atoms with E-state index in [1.807, 2.05) is 0 Å². The molecule has 3 heteroatoms. The van der Waals surface area contributed by atoms with E-state index in [-0.39, 0.29) is 0 Å². The minimum absolute atomic E-state index is 0.434. The van der Waals surface area contributed by atoms with Gasteiger partial charge in [0.15, 0.2) is 0 Å². The van der Waals surface area contributed by atoms with Crippen LogP contribution in [0.2, 0.25) is 0 Å². The van der Waals surface area contributed by atoms with E-state index in [0.29, 0.717) is 6.04 Å². The van der Waals surface area contributed by atoms with Gasteiger partial charge in [0.1, 0.15) is 0 Å². The minimum atomic E-state index is 0.434. The summed E-state index contributed by atoms with van der Waals surface area (Å²) in [4.78, 5) is 1.33. The monoisotopic (exact) mass is 265 g/mol. The van der Waals surface area contributed by atoms with Gasteiger partial charge in [0.25, 0.3) is 0 Å². The quantitative estimate of drug-likeness (QED) is 0.796. The molecule has 0 aliphatic carbocycles. The molecule has 1 fully saturated rings. The molecule has 1 saturated heterocycles. The number of benzene rings is 1. The lowest BCUT2D eigenvalue weighted by molar-refractivity contribution is 0.184. The molecule has 1 aliphatic heterocycles. The zero-order valence-electron chi connectivity index (χ0n) is 11.3. The fourth-order valence-electron chi connectivity index (χ4n) is 2.33. The van der Waals surface area contributed by atoms with E-state index in [2.05, 4.69) is 42.8 Å². The maximum atomic E-state index is 5.39. The Balaban J connectivity index is 1.74. The Labute approximate surface area is 114 Å². The molecule has 0 spiro atoms. The molecular weight excluding hydrogens is 242 g/mol. The fraction of sp³-hybridized carbons (Fsp3) is 0.600. The topological polar surface area (TPSA) is 21.3 Å². The summed E-state index contributed by atoms with van der Waals surface area (Å²) < 4.78 is 5.39. The molecule has 1 heterocycles. The van der Waals surface area contributed by atoms with Crippen LogP contribution < -0.4 is 5.32 Å². The molecular formula is C15H23NOS. The lowest BCUT2D eigenvalue weighted by atomic mass is 10.0. The van der Waals surface area contributed by atoms with Gasteiger partial charge >= 0.3 is 0 Å². The summed E-state index contributed by atoms with van der Waals surface area (Å²) >= 11 is 1.79. The number of hydrogen-bond acceptors (Lipinski definition) is 3. The smallest absolute Gasteiger partial charge is 0.0495 e. The zero-order chi connectivity index (χ0) is 12.8. The average molecular weight is 265 g/mol. The molecule has 0 saturated carbocycles. The van der Waals surface area contributed by atoms with Gasteiger partial charge in [-0.25, -0.2) is 0 Å². The van der Waals surface area contributed by atoms with Crippen LogP contribution in [0.25, 0.3) is 0 Å². The molecule has 0 radical (unpaired) electrons. The van der Waals surface area contributed by atoms with Crippen molar-refractivity contribution in [3.63, 3.8) is 0 Å². The predicted octanol–water partition coefficient (Wildman–Crippen LogP) is 3.49.